The molecule has 0 spiro atoms. The molecule has 2 aliphatic rings. The lowest BCUT2D eigenvalue weighted by Gasteiger charge is -2.33. The molecule has 1 aliphatic carbocycles. The van der Waals surface area contributed by atoms with Crippen LogP contribution in [0.4, 0.5) is 5.82 Å². The minimum atomic E-state index is -0.174. The molecule has 5 rings (SSSR count). The fourth-order valence-corrected chi connectivity index (χ4v) is 4.57. The van der Waals surface area contributed by atoms with Gasteiger partial charge in [0.25, 0.3) is 0 Å². The number of amides is 1. The van der Waals surface area contributed by atoms with Crippen molar-refractivity contribution >= 4 is 11.7 Å². The van der Waals surface area contributed by atoms with Gasteiger partial charge in [0.2, 0.25) is 5.91 Å². The monoisotopic (exact) mass is 417 g/mol. The van der Waals surface area contributed by atoms with Crippen molar-refractivity contribution in [2.45, 2.75) is 45.1 Å². The molecule has 0 unspecified atom stereocenters. The van der Waals surface area contributed by atoms with Crippen LogP contribution in [0.3, 0.4) is 0 Å². The van der Waals surface area contributed by atoms with Crippen LogP contribution in [0.25, 0.3) is 11.4 Å². The summed E-state index contributed by atoms with van der Waals surface area (Å²) in [6.45, 7) is 3.57. The van der Waals surface area contributed by atoms with E-state index in [4.69, 9.17) is 9.97 Å². The van der Waals surface area contributed by atoms with Gasteiger partial charge in [-0.3, -0.25) is 9.89 Å². The van der Waals surface area contributed by atoms with Crippen LogP contribution in [0.15, 0.2) is 36.7 Å². The first-order chi connectivity index (χ1) is 15.2. The topological polar surface area (TPSA) is 99.7 Å². The maximum atomic E-state index is 12.8. The van der Waals surface area contributed by atoms with Gasteiger partial charge in [0.05, 0.1) is 6.04 Å². The predicted molar refractivity (Wildman–Crippen MR) is 117 cm³/mol. The Labute approximate surface area is 181 Å². The number of piperidine rings is 1. The van der Waals surface area contributed by atoms with Crippen molar-refractivity contribution < 1.29 is 4.79 Å². The van der Waals surface area contributed by atoms with E-state index in [0.717, 1.165) is 62.4 Å². The Morgan fingerprint density at radius 2 is 1.97 bits per heavy atom. The van der Waals surface area contributed by atoms with Gasteiger partial charge in [-0.15, -0.1) is 0 Å². The molecule has 8 heteroatoms. The summed E-state index contributed by atoms with van der Waals surface area (Å²) in [4.78, 5) is 29.1. The summed E-state index contributed by atoms with van der Waals surface area (Å²) < 4.78 is 0. The van der Waals surface area contributed by atoms with Crippen molar-refractivity contribution in [3.8, 4) is 11.4 Å². The molecule has 160 valence electrons. The summed E-state index contributed by atoms with van der Waals surface area (Å²) in [7, 11) is 0. The molecule has 1 amide bonds. The second-order valence-electron chi connectivity index (χ2n) is 8.38. The zero-order chi connectivity index (χ0) is 21.2. The molecule has 0 bridgehead atoms. The first-order valence-electron chi connectivity index (χ1n) is 11.0. The Bertz CT molecular complexity index is 1040. The lowest BCUT2D eigenvalue weighted by Crippen LogP contribution is -2.42. The number of H-pyrrole nitrogens is 1. The fourth-order valence-electron chi connectivity index (χ4n) is 4.57. The number of nitrogens with one attached hydrogen (secondary N) is 2. The maximum absolute atomic E-state index is 12.8. The summed E-state index contributed by atoms with van der Waals surface area (Å²) in [6.07, 6.45) is 6.27. The molecule has 31 heavy (non-hydrogen) atoms. The van der Waals surface area contributed by atoms with Crippen LogP contribution in [0, 0.1) is 5.92 Å². The van der Waals surface area contributed by atoms with Gasteiger partial charge in [0.15, 0.2) is 5.82 Å². The summed E-state index contributed by atoms with van der Waals surface area (Å²) >= 11 is 0. The van der Waals surface area contributed by atoms with E-state index in [1.807, 2.05) is 25.1 Å². The first kappa shape index (κ1) is 19.7. The van der Waals surface area contributed by atoms with Gasteiger partial charge in [0, 0.05) is 35.8 Å². The van der Waals surface area contributed by atoms with Gasteiger partial charge < -0.3 is 10.2 Å². The molecule has 1 aliphatic heterocycles. The van der Waals surface area contributed by atoms with Gasteiger partial charge in [-0.2, -0.15) is 5.10 Å². The number of carbonyl (C=O) groups is 1. The number of aromatic nitrogens is 5. The quantitative estimate of drug-likeness (QED) is 0.662. The lowest BCUT2D eigenvalue weighted by molar-refractivity contribution is -0.126. The minimum Gasteiger partial charge on any atom is -0.356 e. The zero-order valence-corrected chi connectivity index (χ0v) is 17.7. The minimum absolute atomic E-state index is 0.00472. The van der Waals surface area contributed by atoms with Crippen molar-refractivity contribution in [2.75, 3.05) is 18.0 Å². The molecule has 8 nitrogen and oxygen atoms in total. The maximum Gasteiger partial charge on any atom is 0.223 e. The Hall–Kier alpha value is -3.29. The summed E-state index contributed by atoms with van der Waals surface area (Å²) in [5.41, 5.74) is 3.53. The van der Waals surface area contributed by atoms with E-state index in [9.17, 15) is 4.79 Å². The standard InChI is InChI=1S/C23H27N7O/c1-15(20-24-14-25-29-20)26-23(31)17-10-12-30(13-11-17)22-18-8-5-9-19(18)27-21(28-22)16-6-3-2-4-7-16/h2-4,6-7,14-15,17H,5,8-13H2,1H3,(H,26,31)(H,24,25,29)/t15-/m0/s1. The van der Waals surface area contributed by atoms with Crippen molar-refractivity contribution in [3.05, 3.63) is 53.7 Å². The molecular formula is C23H27N7O. The first-order valence-corrected chi connectivity index (χ1v) is 11.0. The van der Waals surface area contributed by atoms with Crippen LogP contribution >= 0.6 is 0 Å². The van der Waals surface area contributed by atoms with Gasteiger partial charge in [-0.1, -0.05) is 30.3 Å². The smallest absolute Gasteiger partial charge is 0.223 e. The molecule has 1 aromatic carbocycles. The number of aromatic amines is 1. The Morgan fingerprint density at radius 1 is 1.16 bits per heavy atom. The highest BCUT2D eigenvalue weighted by atomic mass is 16.2. The summed E-state index contributed by atoms with van der Waals surface area (Å²) in [5, 5.41) is 9.74. The highest BCUT2D eigenvalue weighted by Gasteiger charge is 2.30. The third kappa shape index (κ3) is 4.02. The number of carbonyl (C=O) groups excluding carboxylic acids is 1. The van der Waals surface area contributed by atoms with E-state index in [-0.39, 0.29) is 17.9 Å². The highest BCUT2D eigenvalue weighted by Crippen LogP contribution is 2.33. The molecule has 1 saturated heterocycles. The van der Waals surface area contributed by atoms with E-state index < -0.39 is 0 Å². The molecule has 1 fully saturated rings. The van der Waals surface area contributed by atoms with Crippen LogP contribution in [0.5, 0.6) is 0 Å². The number of benzene rings is 1. The lowest BCUT2D eigenvalue weighted by atomic mass is 9.95. The average Bonchev–Trinajstić information content (AvgIpc) is 3.51. The number of anilines is 1. The third-order valence-corrected chi connectivity index (χ3v) is 6.31. The average molecular weight is 418 g/mol. The van der Waals surface area contributed by atoms with E-state index in [0.29, 0.717) is 5.82 Å². The Kier molecular flexibility index (Phi) is 5.36. The molecule has 0 saturated carbocycles. The van der Waals surface area contributed by atoms with Gasteiger partial charge >= 0.3 is 0 Å². The van der Waals surface area contributed by atoms with Crippen LogP contribution < -0.4 is 10.2 Å². The van der Waals surface area contributed by atoms with Crippen LogP contribution in [-0.4, -0.2) is 44.1 Å². The SMILES string of the molecule is C[C@H](NC(=O)C1CCN(c2nc(-c3ccccc3)nc3c2CCC3)CC1)c1ncn[nH]1. The molecular weight excluding hydrogens is 390 g/mol. The van der Waals surface area contributed by atoms with E-state index in [1.54, 1.807) is 0 Å². The van der Waals surface area contributed by atoms with Crippen molar-refractivity contribution in [2.24, 2.45) is 5.92 Å². The number of nitrogens with zero attached hydrogens (tertiary/aromatic N) is 5. The highest BCUT2D eigenvalue weighted by molar-refractivity contribution is 5.79. The molecule has 2 N–H and O–H groups in total. The van der Waals surface area contributed by atoms with Gasteiger partial charge in [-0.25, -0.2) is 15.0 Å². The number of hydrogen-bond acceptors (Lipinski definition) is 6. The second kappa shape index (κ2) is 8.45. The summed E-state index contributed by atoms with van der Waals surface area (Å²) in [6, 6.07) is 10.0. The van der Waals surface area contributed by atoms with Crippen LogP contribution in [0.2, 0.25) is 0 Å². The van der Waals surface area contributed by atoms with Crippen LogP contribution in [0.1, 0.15) is 49.3 Å². The van der Waals surface area contributed by atoms with Gasteiger partial charge in [-0.05, 0) is 39.0 Å². The number of fused-ring (bicyclic) bond motifs is 1. The predicted octanol–water partition coefficient (Wildman–Crippen LogP) is 2.84. The second-order valence-corrected chi connectivity index (χ2v) is 8.38. The number of hydrogen-bond donors (Lipinski definition) is 2. The van der Waals surface area contributed by atoms with E-state index >= 15 is 0 Å². The number of rotatable bonds is 5. The van der Waals surface area contributed by atoms with Crippen LogP contribution in [-0.2, 0) is 17.6 Å². The largest absolute Gasteiger partial charge is 0.356 e. The van der Waals surface area contributed by atoms with Crippen molar-refractivity contribution in [1.82, 2.24) is 30.5 Å². The van der Waals surface area contributed by atoms with Gasteiger partial charge in [0.1, 0.15) is 18.0 Å². The molecule has 3 heterocycles. The van der Waals surface area contributed by atoms with E-state index in [2.05, 4.69) is 37.5 Å². The summed E-state index contributed by atoms with van der Waals surface area (Å²) in [5.74, 6) is 2.63. The fraction of sp³-hybridized carbons (Fsp3) is 0.435. The Morgan fingerprint density at radius 3 is 2.71 bits per heavy atom. The third-order valence-electron chi connectivity index (χ3n) is 6.31. The molecule has 3 aromatic rings. The Balaban J connectivity index is 1.29. The zero-order valence-electron chi connectivity index (χ0n) is 17.7. The molecule has 0 radical (unpaired) electrons. The van der Waals surface area contributed by atoms with Crippen molar-refractivity contribution in [3.63, 3.8) is 0 Å². The molecule has 1 atom stereocenters. The molecule has 2 aromatic heterocycles. The normalized spacial score (nSPS) is 17.4. The van der Waals surface area contributed by atoms with Crippen molar-refractivity contribution in [1.29, 1.82) is 0 Å². The number of aryl methyl sites for hydroxylation is 1. The van der Waals surface area contributed by atoms with E-state index in [1.165, 1.54) is 17.6 Å².